The van der Waals surface area contributed by atoms with E-state index in [0.717, 1.165) is 19.3 Å². The molecule has 2 amide bonds. The molecule has 110 valence electrons. The maximum Gasteiger partial charge on any atom is 0.293 e. The summed E-state index contributed by atoms with van der Waals surface area (Å²) in [6.45, 7) is 1.91. The largest absolute Gasteiger partial charge is 0.463 e. The number of carbonyl (C=O) groups is 3. The number of nitrogens with two attached hydrogens (primary N) is 1. The Hall–Kier alpha value is -1.59. The van der Waals surface area contributed by atoms with Crippen LogP contribution in [0.25, 0.3) is 0 Å². The summed E-state index contributed by atoms with van der Waals surface area (Å²) in [5.74, 6) is -0.0123. The second-order valence-electron chi connectivity index (χ2n) is 6.79. The van der Waals surface area contributed by atoms with Gasteiger partial charge in [-0.05, 0) is 43.9 Å². The Morgan fingerprint density at radius 2 is 2.10 bits per heavy atom. The van der Waals surface area contributed by atoms with Gasteiger partial charge in [-0.1, -0.05) is 0 Å². The topological polar surface area (TPSA) is 98.5 Å². The predicted molar refractivity (Wildman–Crippen MR) is 69.2 cm³/mol. The van der Waals surface area contributed by atoms with Crippen molar-refractivity contribution in [2.24, 2.45) is 23.0 Å². The van der Waals surface area contributed by atoms with Crippen LogP contribution in [0.3, 0.4) is 0 Å². The fraction of sp³-hybridized carbons (Fsp3) is 0.786. The standard InChI is InChI=1S/C14H20N2O4/c1-8(18)16-13-3-9-2-10(5-13)11(20-7-17)14(4-9,6-13)12(15)19/h7,9-11H,2-6H2,1H3,(H2,15,19)(H,16,18). The number of rotatable bonds is 4. The van der Waals surface area contributed by atoms with Crippen LogP contribution >= 0.6 is 0 Å². The average Bonchev–Trinajstić information content (AvgIpc) is 2.31. The van der Waals surface area contributed by atoms with E-state index in [1.54, 1.807) is 0 Å². The third-order valence-electron chi connectivity index (χ3n) is 5.38. The Bertz CT molecular complexity index is 480. The molecule has 0 radical (unpaired) electrons. The lowest BCUT2D eigenvalue weighted by atomic mass is 9.45. The van der Waals surface area contributed by atoms with Gasteiger partial charge in [0.25, 0.3) is 6.47 Å². The van der Waals surface area contributed by atoms with E-state index in [1.165, 1.54) is 6.92 Å². The zero-order valence-electron chi connectivity index (χ0n) is 11.6. The number of carbonyl (C=O) groups excluding carboxylic acids is 3. The quantitative estimate of drug-likeness (QED) is 0.713. The van der Waals surface area contributed by atoms with Crippen molar-refractivity contribution in [1.29, 1.82) is 0 Å². The molecule has 0 heterocycles. The molecule has 4 aliphatic rings. The molecular formula is C14H20N2O4. The summed E-state index contributed by atoms with van der Waals surface area (Å²) in [6, 6.07) is 0. The second kappa shape index (κ2) is 4.20. The fourth-order valence-electron chi connectivity index (χ4n) is 5.27. The van der Waals surface area contributed by atoms with Crippen molar-refractivity contribution in [3.8, 4) is 0 Å². The van der Waals surface area contributed by atoms with Crippen LogP contribution in [0.5, 0.6) is 0 Å². The van der Waals surface area contributed by atoms with Gasteiger partial charge in [-0.3, -0.25) is 14.4 Å². The second-order valence-corrected chi connectivity index (χ2v) is 6.79. The minimum atomic E-state index is -0.812. The van der Waals surface area contributed by atoms with Crippen LogP contribution in [0.2, 0.25) is 0 Å². The number of amides is 2. The lowest BCUT2D eigenvalue weighted by Gasteiger charge is -2.63. The summed E-state index contributed by atoms with van der Waals surface area (Å²) in [6.07, 6.45) is 3.31. The number of nitrogens with one attached hydrogen (secondary N) is 1. The Balaban J connectivity index is 1.99. The van der Waals surface area contributed by atoms with E-state index in [4.69, 9.17) is 10.5 Å². The van der Waals surface area contributed by atoms with Crippen molar-refractivity contribution in [2.45, 2.75) is 50.7 Å². The first-order valence-electron chi connectivity index (χ1n) is 7.09. The summed E-state index contributed by atoms with van der Waals surface area (Å²) < 4.78 is 5.24. The molecule has 4 aliphatic carbocycles. The highest BCUT2D eigenvalue weighted by Gasteiger charge is 2.66. The Morgan fingerprint density at radius 3 is 2.70 bits per heavy atom. The van der Waals surface area contributed by atoms with Crippen molar-refractivity contribution in [3.63, 3.8) is 0 Å². The summed E-state index contributed by atoms with van der Waals surface area (Å²) in [4.78, 5) is 34.4. The van der Waals surface area contributed by atoms with Crippen molar-refractivity contribution < 1.29 is 19.1 Å². The molecule has 4 rings (SSSR count). The molecule has 0 aromatic rings. The van der Waals surface area contributed by atoms with E-state index >= 15 is 0 Å². The van der Waals surface area contributed by atoms with Crippen LogP contribution in [0, 0.1) is 17.3 Å². The Labute approximate surface area is 117 Å². The van der Waals surface area contributed by atoms with Crippen LogP contribution < -0.4 is 11.1 Å². The van der Waals surface area contributed by atoms with Gasteiger partial charge in [0.1, 0.15) is 6.10 Å². The molecule has 3 N–H and O–H groups in total. The maximum atomic E-state index is 12.1. The van der Waals surface area contributed by atoms with E-state index in [1.807, 2.05) is 0 Å². The Morgan fingerprint density at radius 1 is 1.35 bits per heavy atom. The molecule has 0 aromatic carbocycles. The highest BCUT2D eigenvalue weighted by atomic mass is 16.5. The van der Waals surface area contributed by atoms with Gasteiger partial charge >= 0.3 is 0 Å². The SMILES string of the molecule is CC(=O)NC12CC3CC(C1)C(OC=O)C(C(N)=O)(C3)C2. The van der Waals surface area contributed by atoms with Crippen molar-refractivity contribution in [3.05, 3.63) is 0 Å². The summed E-state index contributed by atoms with van der Waals surface area (Å²) in [5, 5.41) is 3.04. The summed E-state index contributed by atoms with van der Waals surface area (Å²) in [5.41, 5.74) is 4.49. The fourth-order valence-corrected chi connectivity index (χ4v) is 5.27. The monoisotopic (exact) mass is 280 g/mol. The van der Waals surface area contributed by atoms with E-state index in [2.05, 4.69) is 5.32 Å². The zero-order chi connectivity index (χ0) is 14.5. The van der Waals surface area contributed by atoms with Crippen LogP contribution in [0.1, 0.15) is 39.0 Å². The molecule has 4 bridgehead atoms. The van der Waals surface area contributed by atoms with Crippen LogP contribution in [-0.4, -0.2) is 29.9 Å². The van der Waals surface area contributed by atoms with Gasteiger partial charge in [0, 0.05) is 12.5 Å². The Kier molecular flexibility index (Phi) is 2.81. The van der Waals surface area contributed by atoms with Gasteiger partial charge in [-0.25, -0.2) is 0 Å². The third-order valence-corrected chi connectivity index (χ3v) is 5.38. The van der Waals surface area contributed by atoms with Crippen LogP contribution in [0.15, 0.2) is 0 Å². The first-order valence-corrected chi connectivity index (χ1v) is 7.09. The molecule has 5 atom stereocenters. The molecular weight excluding hydrogens is 260 g/mol. The number of primary amides is 1. The zero-order valence-corrected chi connectivity index (χ0v) is 11.6. The number of hydrogen-bond donors (Lipinski definition) is 2. The van der Waals surface area contributed by atoms with Crippen molar-refractivity contribution in [1.82, 2.24) is 5.32 Å². The van der Waals surface area contributed by atoms with E-state index in [9.17, 15) is 14.4 Å². The molecule has 0 aliphatic heterocycles. The van der Waals surface area contributed by atoms with Gasteiger partial charge in [0.2, 0.25) is 11.8 Å². The molecule has 4 saturated carbocycles. The third kappa shape index (κ3) is 1.73. The minimum absolute atomic E-state index is 0.0839. The molecule has 0 spiro atoms. The lowest BCUT2D eigenvalue weighted by Crippen LogP contribution is -2.71. The first kappa shape index (κ1) is 13.4. The summed E-state index contributed by atoms with van der Waals surface area (Å²) in [7, 11) is 0. The highest BCUT2D eigenvalue weighted by molar-refractivity contribution is 5.83. The molecule has 6 nitrogen and oxygen atoms in total. The molecule has 5 unspecified atom stereocenters. The first-order chi connectivity index (χ1) is 9.41. The van der Waals surface area contributed by atoms with Gasteiger partial charge in [0.15, 0.2) is 0 Å². The molecule has 0 aromatic heterocycles. The number of ether oxygens (including phenoxy) is 1. The molecule has 6 heteroatoms. The normalized spacial score (nSPS) is 45.0. The smallest absolute Gasteiger partial charge is 0.293 e. The maximum absolute atomic E-state index is 12.1. The van der Waals surface area contributed by atoms with E-state index in [-0.39, 0.29) is 17.4 Å². The van der Waals surface area contributed by atoms with Crippen molar-refractivity contribution >= 4 is 18.3 Å². The average molecular weight is 280 g/mol. The molecule has 20 heavy (non-hydrogen) atoms. The van der Waals surface area contributed by atoms with Crippen LogP contribution in [-0.2, 0) is 19.1 Å². The van der Waals surface area contributed by atoms with Crippen molar-refractivity contribution in [2.75, 3.05) is 0 Å². The van der Waals surface area contributed by atoms with E-state index < -0.39 is 17.4 Å². The van der Waals surface area contributed by atoms with E-state index in [0.29, 0.717) is 25.2 Å². The minimum Gasteiger partial charge on any atom is -0.463 e. The lowest BCUT2D eigenvalue weighted by molar-refractivity contribution is -0.194. The van der Waals surface area contributed by atoms with Gasteiger partial charge in [-0.15, -0.1) is 0 Å². The van der Waals surface area contributed by atoms with Crippen LogP contribution in [0.4, 0.5) is 0 Å². The number of hydrogen-bond acceptors (Lipinski definition) is 4. The van der Waals surface area contributed by atoms with Gasteiger partial charge in [0.05, 0.1) is 5.41 Å². The summed E-state index contributed by atoms with van der Waals surface area (Å²) >= 11 is 0. The van der Waals surface area contributed by atoms with Gasteiger partial charge in [-0.2, -0.15) is 0 Å². The predicted octanol–water partition coefficient (Wildman–Crippen LogP) is 0.0983. The highest BCUT2D eigenvalue weighted by Crippen LogP contribution is 2.62. The van der Waals surface area contributed by atoms with Gasteiger partial charge < -0.3 is 15.8 Å². The molecule has 0 saturated heterocycles. The molecule has 4 fully saturated rings.